The Hall–Kier alpha value is -2.48. The molecule has 0 spiro atoms. The second kappa shape index (κ2) is 4.32. The Morgan fingerprint density at radius 2 is 2.11 bits per heavy atom. The molecular formula is C14H13N3O2. The molecule has 0 bridgehead atoms. The molecule has 19 heavy (non-hydrogen) atoms. The van der Waals surface area contributed by atoms with Gasteiger partial charge in [0.1, 0.15) is 11.7 Å². The van der Waals surface area contributed by atoms with E-state index in [2.05, 4.69) is 11.1 Å². The Morgan fingerprint density at radius 1 is 1.37 bits per heavy atom. The molecule has 1 aromatic heterocycles. The zero-order valence-corrected chi connectivity index (χ0v) is 10.8. The molecule has 2 aromatic rings. The van der Waals surface area contributed by atoms with E-state index in [1.807, 2.05) is 36.9 Å². The standard InChI is InChI=1S/C14H13N3O2/c1-9-5-12-13(19-8-18-12)6-10(9)11(7-15)14-16-3-4-17(14)2/h3-6,11H,8H2,1-2H3. The number of hydrogen-bond acceptors (Lipinski definition) is 4. The van der Waals surface area contributed by atoms with Gasteiger partial charge in [0.05, 0.1) is 6.07 Å². The van der Waals surface area contributed by atoms with E-state index in [0.717, 1.165) is 22.7 Å². The summed E-state index contributed by atoms with van der Waals surface area (Å²) in [5, 5.41) is 9.47. The summed E-state index contributed by atoms with van der Waals surface area (Å²) in [6.45, 7) is 2.20. The highest BCUT2D eigenvalue weighted by Crippen LogP contribution is 2.38. The first kappa shape index (κ1) is 11.6. The molecule has 0 aliphatic carbocycles. The lowest BCUT2D eigenvalue weighted by molar-refractivity contribution is 0.174. The van der Waals surface area contributed by atoms with Crippen molar-refractivity contribution in [2.45, 2.75) is 12.8 Å². The predicted octanol–water partition coefficient (Wildman–Crippen LogP) is 2.11. The summed E-state index contributed by atoms with van der Waals surface area (Å²) in [6, 6.07) is 6.10. The first-order valence-electron chi connectivity index (χ1n) is 5.97. The highest BCUT2D eigenvalue weighted by atomic mass is 16.7. The lowest BCUT2D eigenvalue weighted by atomic mass is 9.94. The number of imidazole rings is 1. The maximum atomic E-state index is 9.47. The van der Waals surface area contributed by atoms with E-state index in [4.69, 9.17) is 9.47 Å². The first-order valence-corrected chi connectivity index (χ1v) is 5.97. The van der Waals surface area contributed by atoms with Gasteiger partial charge in [-0.1, -0.05) is 0 Å². The number of benzene rings is 1. The van der Waals surface area contributed by atoms with Crippen molar-refractivity contribution < 1.29 is 9.47 Å². The molecule has 0 saturated carbocycles. The van der Waals surface area contributed by atoms with Crippen molar-refractivity contribution in [3.8, 4) is 17.6 Å². The van der Waals surface area contributed by atoms with Gasteiger partial charge >= 0.3 is 0 Å². The number of hydrogen-bond donors (Lipinski definition) is 0. The molecule has 1 aliphatic rings. The molecular weight excluding hydrogens is 242 g/mol. The van der Waals surface area contributed by atoms with Crippen LogP contribution in [0, 0.1) is 18.3 Å². The summed E-state index contributed by atoms with van der Waals surface area (Å²) in [5.74, 6) is 1.74. The van der Waals surface area contributed by atoms with Crippen molar-refractivity contribution in [1.29, 1.82) is 5.26 Å². The number of rotatable bonds is 2. The highest BCUT2D eigenvalue weighted by Gasteiger charge is 2.24. The van der Waals surface area contributed by atoms with E-state index in [-0.39, 0.29) is 6.79 Å². The molecule has 1 aromatic carbocycles. The van der Waals surface area contributed by atoms with Gasteiger partial charge in [-0.25, -0.2) is 4.98 Å². The molecule has 5 heteroatoms. The summed E-state index contributed by atoms with van der Waals surface area (Å²) < 4.78 is 12.6. The van der Waals surface area contributed by atoms with Crippen LogP contribution in [0.3, 0.4) is 0 Å². The van der Waals surface area contributed by atoms with Crippen LogP contribution in [0.5, 0.6) is 11.5 Å². The molecule has 2 heterocycles. The van der Waals surface area contributed by atoms with Gasteiger partial charge in [0.2, 0.25) is 6.79 Å². The topological polar surface area (TPSA) is 60.1 Å². The Morgan fingerprint density at radius 3 is 2.74 bits per heavy atom. The number of nitriles is 1. The number of aryl methyl sites for hydroxylation is 2. The van der Waals surface area contributed by atoms with Gasteiger partial charge < -0.3 is 14.0 Å². The lowest BCUT2D eigenvalue weighted by Gasteiger charge is -2.13. The van der Waals surface area contributed by atoms with Crippen molar-refractivity contribution in [3.05, 3.63) is 41.5 Å². The predicted molar refractivity (Wildman–Crippen MR) is 68.0 cm³/mol. The molecule has 0 saturated heterocycles. The van der Waals surface area contributed by atoms with E-state index >= 15 is 0 Å². The normalized spacial score (nSPS) is 14.2. The smallest absolute Gasteiger partial charge is 0.231 e. The molecule has 5 nitrogen and oxygen atoms in total. The Balaban J connectivity index is 2.11. The van der Waals surface area contributed by atoms with Crippen LogP contribution in [0.1, 0.15) is 22.9 Å². The minimum atomic E-state index is -0.408. The summed E-state index contributed by atoms with van der Waals surface area (Å²) in [5.41, 5.74) is 1.90. The zero-order chi connectivity index (χ0) is 13.4. The van der Waals surface area contributed by atoms with E-state index in [1.54, 1.807) is 6.20 Å². The number of nitrogens with zero attached hydrogens (tertiary/aromatic N) is 3. The van der Waals surface area contributed by atoms with Gasteiger partial charge in [-0.2, -0.15) is 5.26 Å². The quantitative estimate of drug-likeness (QED) is 0.824. The third kappa shape index (κ3) is 1.82. The van der Waals surface area contributed by atoms with Gasteiger partial charge in [0.25, 0.3) is 0 Å². The van der Waals surface area contributed by atoms with Gasteiger partial charge in [0, 0.05) is 19.4 Å². The van der Waals surface area contributed by atoms with Gasteiger partial charge in [-0.15, -0.1) is 0 Å². The zero-order valence-electron chi connectivity index (χ0n) is 10.8. The van der Waals surface area contributed by atoms with Crippen LogP contribution in [0.4, 0.5) is 0 Å². The second-order valence-electron chi connectivity index (χ2n) is 4.52. The molecule has 3 rings (SSSR count). The van der Waals surface area contributed by atoms with Crippen LogP contribution in [0.25, 0.3) is 0 Å². The van der Waals surface area contributed by atoms with Crippen LogP contribution in [-0.4, -0.2) is 16.3 Å². The van der Waals surface area contributed by atoms with Crippen LogP contribution < -0.4 is 9.47 Å². The average Bonchev–Trinajstić information content (AvgIpc) is 3.00. The van der Waals surface area contributed by atoms with E-state index in [0.29, 0.717) is 5.75 Å². The number of ether oxygens (including phenoxy) is 2. The van der Waals surface area contributed by atoms with Crippen molar-refractivity contribution >= 4 is 0 Å². The fraction of sp³-hybridized carbons (Fsp3) is 0.286. The summed E-state index contributed by atoms with van der Waals surface area (Å²) >= 11 is 0. The largest absolute Gasteiger partial charge is 0.454 e. The summed E-state index contributed by atoms with van der Waals surface area (Å²) in [6.07, 6.45) is 3.53. The van der Waals surface area contributed by atoms with Crippen LogP contribution in [-0.2, 0) is 7.05 Å². The second-order valence-corrected chi connectivity index (χ2v) is 4.52. The van der Waals surface area contributed by atoms with E-state index < -0.39 is 5.92 Å². The summed E-state index contributed by atoms with van der Waals surface area (Å²) in [7, 11) is 1.88. The molecule has 0 fully saturated rings. The van der Waals surface area contributed by atoms with Crippen molar-refractivity contribution in [2.75, 3.05) is 6.79 Å². The minimum Gasteiger partial charge on any atom is -0.454 e. The molecule has 1 aliphatic heterocycles. The minimum absolute atomic E-state index is 0.234. The molecule has 1 unspecified atom stereocenters. The van der Waals surface area contributed by atoms with Crippen LogP contribution >= 0.6 is 0 Å². The lowest BCUT2D eigenvalue weighted by Crippen LogP contribution is -2.07. The third-order valence-corrected chi connectivity index (χ3v) is 3.32. The SMILES string of the molecule is Cc1cc2c(cc1C(C#N)c1nccn1C)OCO2. The monoisotopic (exact) mass is 255 g/mol. The van der Waals surface area contributed by atoms with Crippen molar-refractivity contribution in [2.24, 2.45) is 7.05 Å². The van der Waals surface area contributed by atoms with Gasteiger partial charge in [-0.05, 0) is 30.2 Å². The fourth-order valence-electron chi connectivity index (χ4n) is 2.29. The average molecular weight is 255 g/mol. The molecule has 0 N–H and O–H groups in total. The van der Waals surface area contributed by atoms with Crippen LogP contribution in [0.15, 0.2) is 24.5 Å². The number of aromatic nitrogens is 2. The van der Waals surface area contributed by atoms with Gasteiger partial charge in [0.15, 0.2) is 11.5 Å². The van der Waals surface area contributed by atoms with E-state index in [1.165, 1.54) is 0 Å². The van der Waals surface area contributed by atoms with Crippen LogP contribution in [0.2, 0.25) is 0 Å². The highest BCUT2D eigenvalue weighted by molar-refractivity contribution is 5.51. The molecule has 96 valence electrons. The third-order valence-electron chi connectivity index (χ3n) is 3.32. The Labute approximate surface area is 111 Å². The molecule has 1 atom stereocenters. The van der Waals surface area contributed by atoms with Crippen molar-refractivity contribution in [3.63, 3.8) is 0 Å². The fourth-order valence-corrected chi connectivity index (χ4v) is 2.29. The van der Waals surface area contributed by atoms with E-state index in [9.17, 15) is 5.26 Å². The van der Waals surface area contributed by atoms with Gasteiger partial charge in [-0.3, -0.25) is 0 Å². The molecule has 0 radical (unpaired) electrons. The summed E-state index contributed by atoms with van der Waals surface area (Å²) in [4.78, 5) is 4.27. The Bertz CT molecular complexity index is 670. The van der Waals surface area contributed by atoms with Crippen molar-refractivity contribution in [1.82, 2.24) is 9.55 Å². The molecule has 0 amide bonds. The first-order chi connectivity index (χ1) is 9.20. The maximum absolute atomic E-state index is 9.47. The maximum Gasteiger partial charge on any atom is 0.231 e. The Kier molecular flexibility index (Phi) is 2.64. The number of fused-ring (bicyclic) bond motifs is 1.